The second kappa shape index (κ2) is 6.73. The maximum Gasteiger partial charge on any atom is 0.119 e. The number of methoxy groups -OCH3 is 1. The molecule has 0 radical (unpaired) electrons. The van der Waals surface area contributed by atoms with Crippen LogP contribution in [0.15, 0.2) is 48.5 Å². The zero-order valence-electron chi connectivity index (χ0n) is 14.7. The Bertz CT molecular complexity index is 893. The van der Waals surface area contributed by atoms with E-state index in [1.54, 1.807) is 7.11 Å². The number of hydrogen-bond acceptors (Lipinski definition) is 4. The van der Waals surface area contributed by atoms with Crippen LogP contribution >= 0.6 is 0 Å². The van der Waals surface area contributed by atoms with Gasteiger partial charge < -0.3 is 10.1 Å². The van der Waals surface area contributed by atoms with Crippen LogP contribution in [0.1, 0.15) is 16.8 Å². The Morgan fingerprint density at radius 3 is 2.76 bits per heavy atom. The molecule has 1 aliphatic heterocycles. The lowest BCUT2D eigenvalue weighted by atomic mass is 9.99. The average molecular weight is 333 g/mol. The van der Waals surface area contributed by atoms with Crippen molar-refractivity contribution < 1.29 is 4.74 Å². The zero-order valence-corrected chi connectivity index (χ0v) is 14.7. The van der Waals surface area contributed by atoms with E-state index in [0.29, 0.717) is 0 Å². The van der Waals surface area contributed by atoms with Gasteiger partial charge in [0.25, 0.3) is 0 Å². The topological polar surface area (TPSA) is 37.4 Å². The summed E-state index contributed by atoms with van der Waals surface area (Å²) in [6.45, 7) is 2.93. The standard InChI is InChI=1S/C21H23N3O/c1-22-21-17-12-16(25-2)8-9-19(17)23-20-10-11-24(14-18(20)21)13-15-6-4-3-5-7-15/h3-9,12H,10-11,13-14H2,1-2H3,(H,22,23). The number of nitrogens with one attached hydrogen (secondary N) is 1. The van der Waals surface area contributed by atoms with Crippen molar-refractivity contribution in [3.63, 3.8) is 0 Å². The van der Waals surface area contributed by atoms with Crippen LogP contribution in [0, 0.1) is 0 Å². The molecule has 0 atom stereocenters. The van der Waals surface area contributed by atoms with Crippen molar-refractivity contribution in [3.8, 4) is 5.75 Å². The maximum absolute atomic E-state index is 5.40. The molecule has 2 heterocycles. The lowest BCUT2D eigenvalue weighted by Gasteiger charge is -2.30. The molecule has 0 unspecified atom stereocenters. The Morgan fingerprint density at radius 1 is 1.16 bits per heavy atom. The van der Waals surface area contributed by atoms with Crippen molar-refractivity contribution >= 4 is 16.6 Å². The Hall–Kier alpha value is -2.59. The third kappa shape index (κ3) is 3.05. The van der Waals surface area contributed by atoms with Crippen LogP contribution in [-0.2, 0) is 19.5 Å². The molecular formula is C21H23N3O. The molecule has 0 bridgehead atoms. The lowest BCUT2D eigenvalue weighted by Crippen LogP contribution is -2.31. The number of pyridine rings is 1. The Morgan fingerprint density at radius 2 is 2.00 bits per heavy atom. The van der Waals surface area contributed by atoms with Gasteiger partial charge in [0, 0.05) is 55.4 Å². The predicted molar refractivity (Wildman–Crippen MR) is 102 cm³/mol. The minimum absolute atomic E-state index is 0.864. The van der Waals surface area contributed by atoms with Gasteiger partial charge in [-0.1, -0.05) is 30.3 Å². The smallest absolute Gasteiger partial charge is 0.119 e. The molecule has 3 aromatic rings. The fourth-order valence-electron chi connectivity index (χ4n) is 3.67. The molecule has 0 fully saturated rings. The Kier molecular flexibility index (Phi) is 4.28. The van der Waals surface area contributed by atoms with Gasteiger partial charge >= 0.3 is 0 Å². The van der Waals surface area contributed by atoms with Crippen molar-refractivity contribution in [2.45, 2.75) is 19.5 Å². The van der Waals surface area contributed by atoms with Gasteiger partial charge in [-0.15, -0.1) is 0 Å². The van der Waals surface area contributed by atoms with Gasteiger partial charge in [0.15, 0.2) is 0 Å². The minimum atomic E-state index is 0.864. The molecule has 25 heavy (non-hydrogen) atoms. The monoisotopic (exact) mass is 333 g/mol. The Balaban J connectivity index is 1.71. The highest BCUT2D eigenvalue weighted by Gasteiger charge is 2.22. The van der Waals surface area contributed by atoms with Crippen LogP contribution in [0.3, 0.4) is 0 Å². The molecule has 128 valence electrons. The summed E-state index contributed by atoms with van der Waals surface area (Å²) in [7, 11) is 3.69. The normalized spacial score (nSPS) is 14.3. The van der Waals surface area contributed by atoms with E-state index in [-0.39, 0.29) is 0 Å². The molecule has 0 amide bonds. The van der Waals surface area contributed by atoms with E-state index in [1.165, 1.54) is 22.5 Å². The first-order valence-electron chi connectivity index (χ1n) is 8.72. The molecule has 0 aliphatic carbocycles. The first-order valence-corrected chi connectivity index (χ1v) is 8.72. The summed E-state index contributed by atoms with van der Waals surface area (Å²) in [5.74, 6) is 0.864. The summed E-state index contributed by atoms with van der Waals surface area (Å²) in [6, 6.07) is 16.8. The van der Waals surface area contributed by atoms with Crippen LogP contribution in [0.5, 0.6) is 5.75 Å². The highest BCUT2D eigenvalue weighted by molar-refractivity contribution is 5.94. The van der Waals surface area contributed by atoms with Crippen LogP contribution in [0.2, 0.25) is 0 Å². The first kappa shape index (κ1) is 15.9. The molecule has 4 nitrogen and oxygen atoms in total. The molecule has 0 spiro atoms. The number of ether oxygens (including phenoxy) is 1. The third-order valence-electron chi connectivity index (χ3n) is 4.92. The second-order valence-electron chi connectivity index (χ2n) is 6.49. The SMILES string of the molecule is CNc1c2c(nc3ccc(OC)cc13)CCN(Cc1ccccc1)C2. The molecule has 4 rings (SSSR count). The summed E-state index contributed by atoms with van der Waals surface area (Å²) in [5.41, 5.74) is 6.08. The van der Waals surface area contributed by atoms with Crippen molar-refractivity contribution in [1.82, 2.24) is 9.88 Å². The zero-order chi connectivity index (χ0) is 17.2. The maximum atomic E-state index is 5.40. The predicted octanol–water partition coefficient (Wildman–Crippen LogP) is 3.84. The highest BCUT2D eigenvalue weighted by atomic mass is 16.5. The van der Waals surface area contributed by atoms with Crippen LogP contribution < -0.4 is 10.1 Å². The number of aromatic nitrogens is 1. The van der Waals surface area contributed by atoms with E-state index < -0.39 is 0 Å². The lowest BCUT2D eigenvalue weighted by molar-refractivity contribution is 0.244. The molecular weight excluding hydrogens is 310 g/mol. The summed E-state index contributed by atoms with van der Waals surface area (Å²) in [5, 5.41) is 4.54. The van der Waals surface area contributed by atoms with Crippen LogP contribution in [0.4, 0.5) is 5.69 Å². The first-order chi connectivity index (χ1) is 12.3. The molecule has 4 heteroatoms. The molecule has 0 saturated heterocycles. The quantitative estimate of drug-likeness (QED) is 0.787. The number of anilines is 1. The summed E-state index contributed by atoms with van der Waals surface area (Å²) >= 11 is 0. The average Bonchev–Trinajstić information content (AvgIpc) is 2.66. The Labute approximate surface area is 148 Å². The van der Waals surface area contributed by atoms with Crippen LogP contribution in [0.25, 0.3) is 10.9 Å². The number of rotatable bonds is 4. The number of benzene rings is 2. The molecule has 1 aliphatic rings. The van der Waals surface area contributed by atoms with E-state index >= 15 is 0 Å². The van der Waals surface area contributed by atoms with E-state index in [0.717, 1.165) is 42.7 Å². The van der Waals surface area contributed by atoms with Gasteiger partial charge in [0.1, 0.15) is 5.75 Å². The highest BCUT2D eigenvalue weighted by Crippen LogP contribution is 2.34. The van der Waals surface area contributed by atoms with E-state index in [2.05, 4.69) is 46.6 Å². The number of hydrogen-bond donors (Lipinski definition) is 1. The van der Waals surface area contributed by atoms with Crippen molar-refractivity contribution in [2.24, 2.45) is 0 Å². The van der Waals surface area contributed by atoms with Gasteiger partial charge in [-0.05, 0) is 23.8 Å². The van der Waals surface area contributed by atoms with Crippen LogP contribution in [-0.4, -0.2) is 30.6 Å². The minimum Gasteiger partial charge on any atom is -0.497 e. The fourth-order valence-corrected chi connectivity index (χ4v) is 3.67. The molecule has 2 aromatic carbocycles. The van der Waals surface area contributed by atoms with Gasteiger partial charge in [-0.3, -0.25) is 9.88 Å². The molecule has 0 saturated carbocycles. The van der Waals surface area contributed by atoms with Gasteiger partial charge in [-0.25, -0.2) is 0 Å². The number of fused-ring (bicyclic) bond motifs is 2. The fraction of sp³-hybridized carbons (Fsp3) is 0.286. The van der Waals surface area contributed by atoms with Gasteiger partial charge in [0.2, 0.25) is 0 Å². The second-order valence-corrected chi connectivity index (χ2v) is 6.49. The van der Waals surface area contributed by atoms with Crippen molar-refractivity contribution in [2.75, 3.05) is 26.0 Å². The summed E-state index contributed by atoms with van der Waals surface area (Å²) < 4.78 is 5.40. The van der Waals surface area contributed by atoms with Gasteiger partial charge in [0.05, 0.1) is 12.6 Å². The van der Waals surface area contributed by atoms with E-state index in [4.69, 9.17) is 9.72 Å². The third-order valence-corrected chi connectivity index (χ3v) is 4.92. The largest absolute Gasteiger partial charge is 0.497 e. The number of nitrogens with zero attached hydrogens (tertiary/aromatic N) is 2. The van der Waals surface area contributed by atoms with Crippen molar-refractivity contribution in [1.29, 1.82) is 0 Å². The molecule has 1 N–H and O–H groups in total. The van der Waals surface area contributed by atoms with Crippen molar-refractivity contribution in [3.05, 3.63) is 65.4 Å². The van der Waals surface area contributed by atoms with E-state index in [1.807, 2.05) is 19.2 Å². The summed E-state index contributed by atoms with van der Waals surface area (Å²) in [6.07, 6.45) is 0.985. The van der Waals surface area contributed by atoms with Gasteiger partial charge in [-0.2, -0.15) is 0 Å². The van der Waals surface area contributed by atoms with E-state index in [9.17, 15) is 0 Å². The molecule has 1 aromatic heterocycles. The summed E-state index contributed by atoms with van der Waals surface area (Å²) in [4.78, 5) is 7.41.